The molecule has 0 saturated carbocycles. The number of benzene rings is 1. The van der Waals surface area contributed by atoms with E-state index in [0.717, 1.165) is 12.8 Å². The van der Waals surface area contributed by atoms with Gasteiger partial charge in [-0.3, -0.25) is 14.9 Å². The number of rotatable bonds is 6. The van der Waals surface area contributed by atoms with Crippen LogP contribution < -0.4 is 0 Å². The summed E-state index contributed by atoms with van der Waals surface area (Å²) in [5, 5.41) is 11.1. The molecule has 1 saturated heterocycles. The molecular weight excluding hydrogens is 332 g/mol. The van der Waals surface area contributed by atoms with Gasteiger partial charge in [-0.15, -0.1) is 0 Å². The van der Waals surface area contributed by atoms with Gasteiger partial charge >= 0.3 is 0 Å². The Labute approximate surface area is 141 Å². The molecule has 0 radical (unpaired) electrons. The smallest absolute Gasteiger partial charge is 0.273 e. The molecular formula is C16H22N2O5S. The summed E-state index contributed by atoms with van der Waals surface area (Å²) in [4.78, 5) is 25.0. The minimum Gasteiger partial charge on any atom is -0.335 e. The minimum atomic E-state index is -3.11. The van der Waals surface area contributed by atoms with E-state index in [1.54, 1.807) is 24.0 Å². The van der Waals surface area contributed by atoms with Crippen LogP contribution in [-0.4, -0.2) is 48.2 Å². The van der Waals surface area contributed by atoms with Crippen molar-refractivity contribution >= 4 is 21.4 Å². The number of hydrogen-bond acceptors (Lipinski definition) is 5. The molecule has 0 unspecified atom stereocenters. The molecule has 8 heteroatoms. The van der Waals surface area contributed by atoms with Crippen LogP contribution in [0.3, 0.4) is 0 Å². The first-order valence-corrected chi connectivity index (χ1v) is 9.83. The van der Waals surface area contributed by atoms with Gasteiger partial charge in [0.15, 0.2) is 9.84 Å². The minimum absolute atomic E-state index is 0.0313. The molecule has 1 aromatic rings. The summed E-state index contributed by atoms with van der Waals surface area (Å²) in [6, 6.07) is 4.04. The highest BCUT2D eigenvalue weighted by Gasteiger charge is 2.35. The quantitative estimate of drug-likeness (QED) is 0.577. The van der Waals surface area contributed by atoms with Gasteiger partial charge in [-0.05, 0) is 25.8 Å². The zero-order valence-corrected chi connectivity index (χ0v) is 14.7. The summed E-state index contributed by atoms with van der Waals surface area (Å²) in [6.07, 6.45) is 2.05. The molecule has 1 heterocycles. The number of carbonyl (C=O) groups is 1. The third-order valence-electron chi connectivity index (χ3n) is 4.32. The Morgan fingerprint density at radius 2 is 2.12 bits per heavy atom. The summed E-state index contributed by atoms with van der Waals surface area (Å²) in [5.41, 5.74) is 0.614. The molecule has 0 spiro atoms. The zero-order chi connectivity index (χ0) is 17.9. The van der Waals surface area contributed by atoms with Gasteiger partial charge in [-0.1, -0.05) is 19.4 Å². The highest BCUT2D eigenvalue weighted by molar-refractivity contribution is 7.91. The van der Waals surface area contributed by atoms with E-state index in [-0.39, 0.29) is 34.7 Å². The molecule has 24 heavy (non-hydrogen) atoms. The fraction of sp³-hybridized carbons (Fsp3) is 0.562. The lowest BCUT2D eigenvalue weighted by Crippen LogP contribution is -2.41. The Bertz CT molecular complexity index is 745. The number of nitro benzene ring substituents is 1. The van der Waals surface area contributed by atoms with Crippen molar-refractivity contribution in [2.45, 2.75) is 39.2 Å². The predicted molar refractivity (Wildman–Crippen MR) is 90.8 cm³/mol. The van der Waals surface area contributed by atoms with Crippen LogP contribution in [0.4, 0.5) is 5.69 Å². The molecule has 0 N–H and O–H groups in total. The lowest BCUT2D eigenvalue weighted by Gasteiger charge is -2.28. The number of nitrogens with zero attached hydrogens (tertiary/aromatic N) is 2. The number of amides is 1. The van der Waals surface area contributed by atoms with Crippen LogP contribution in [-0.2, 0) is 9.84 Å². The monoisotopic (exact) mass is 354 g/mol. The van der Waals surface area contributed by atoms with Gasteiger partial charge in [0.25, 0.3) is 11.6 Å². The second kappa shape index (κ2) is 7.29. The summed E-state index contributed by atoms with van der Waals surface area (Å²) < 4.78 is 23.5. The van der Waals surface area contributed by atoms with Crippen molar-refractivity contribution in [1.82, 2.24) is 4.90 Å². The van der Waals surface area contributed by atoms with Crippen molar-refractivity contribution < 1.29 is 18.1 Å². The second-order valence-electron chi connectivity index (χ2n) is 6.17. The Hall–Kier alpha value is -1.96. The van der Waals surface area contributed by atoms with E-state index >= 15 is 0 Å². The lowest BCUT2D eigenvalue weighted by molar-refractivity contribution is -0.385. The first-order chi connectivity index (χ1) is 11.2. The average molecular weight is 354 g/mol. The third kappa shape index (κ3) is 4.11. The molecule has 0 aromatic heterocycles. The standard InChI is InChI=1S/C16H22N2O5S/c1-3-4-8-17(14-7-9-24(22,23)11-14)16(19)13-6-5-12(2)15(10-13)18(20)21/h5-6,10,14H,3-4,7-9,11H2,1-2H3/t14-/m1/s1. The predicted octanol–water partition coefficient (Wildman–Crippen LogP) is 2.33. The van der Waals surface area contributed by atoms with Crippen molar-refractivity contribution in [3.63, 3.8) is 0 Å². The second-order valence-corrected chi connectivity index (χ2v) is 8.40. The van der Waals surface area contributed by atoms with Gasteiger partial charge in [0.1, 0.15) is 0 Å². The molecule has 1 aliphatic heterocycles. The van der Waals surface area contributed by atoms with Gasteiger partial charge in [-0.2, -0.15) is 0 Å². The molecule has 1 atom stereocenters. The van der Waals surface area contributed by atoms with Crippen molar-refractivity contribution in [2.75, 3.05) is 18.1 Å². The number of unbranched alkanes of at least 4 members (excludes halogenated alkanes) is 1. The van der Waals surface area contributed by atoms with Crippen molar-refractivity contribution in [3.05, 3.63) is 39.4 Å². The summed E-state index contributed by atoms with van der Waals surface area (Å²) in [7, 11) is -3.11. The Morgan fingerprint density at radius 3 is 2.67 bits per heavy atom. The van der Waals surface area contributed by atoms with E-state index in [1.165, 1.54) is 6.07 Å². The van der Waals surface area contributed by atoms with Gasteiger partial charge in [0, 0.05) is 29.8 Å². The first kappa shape index (κ1) is 18.4. The molecule has 1 fully saturated rings. The molecule has 7 nitrogen and oxygen atoms in total. The first-order valence-electron chi connectivity index (χ1n) is 8.01. The summed E-state index contributed by atoms with van der Waals surface area (Å²) in [5.74, 6) is -0.286. The number of carbonyl (C=O) groups excluding carboxylic acids is 1. The normalized spacial score (nSPS) is 19.2. The Balaban J connectivity index is 2.31. The van der Waals surface area contributed by atoms with Crippen molar-refractivity contribution in [2.24, 2.45) is 0 Å². The van der Waals surface area contributed by atoms with Crippen LogP contribution in [0.25, 0.3) is 0 Å². The number of aryl methyl sites for hydroxylation is 1. The molecule has 0 aliphatic carbocycles. The average Bonchev–Trinajstić information content (AvgIpc) is 2.87. The van der Waals surface area contributed by atoms with E-state index in [0.29, 0.717) is 18.5 Å². The fourth-order valence-corrected chi connectivity index (χ4v) is 4.64. The highest BCUT2D eigenvalue weighted by atomic mass is 32.2. The maximum Gasteiger partial charge on any atom is 0.273 e. The summed E-state index contributed by atoms with van der Waals surface area (Å²) in [6.45, 7) is 4.06. The van der Waals surface area contributed by atoms with E-state index in [4.69, 9.17) is 0 Å². The maximum atomic E-state index is 12.8. The van der Waals surface area contributed by atoms with Gasteiger partial charge in [-0.25, -0.2) is 8.42 Å². The SMILES string of the molecule is CCCCN(C(=O)c1ccc(C)c([N+](=O)[O-])c1)[C@@H]1CCS(=O)(=O)C1. The van der Waals surface area contributed by atoms with E-state index in [9.17, 15) is 23.3 Å². The van der Waals surface area contributed by atoms with E-state index in [1.807, 2.05) is 6.92 Å². The van der Waals surface area contributed by atoms with E-state index in [2.05, 4.69) is 0 Å². The van der Waals surface area contributed by atoms with Crippen LogP contribution in [0, 0.1) is 17.0 Å². The van der Waals surface area contributed by atoms with Crippen LogP contribution in [0.2, 0.25) is 0 Å². The van der Waals surface area contributed by atoms with Gasteiger partial charge < -0.3 is 4.90 Å². The van der Waals surface area contributed by atoms with Crippen LogP contribution in [0.5, 0.6) is 0 Å². The Morgan fingerprint density at radius 1 is 1.42 bits per heavy atom. The molecule has 1 amide bonds. The Kier molecular flexibility index (Phi) is 5.58. The molecule has 1 aromatic carbocycles. The molecule has 132 valence electrons. The largest absolute Gasteiger partial charge is 0.335 e. The molecule has 2 rings (SSSR count). The fourth-order valence-electron chi connectivity index (χ4n) is 2.90. The van der Waals surface area contributed by atoms with Gasteiger partial charge in [0.2, 0.25) is 0 Å². The van der Waals surface area contributed by atoms with Crippen LogP contribution >= 0.6 is 0 Å². The topological polar surface area (TPSA) is 97.6 Å². The highest BCUT2D eigenvalue weighted by Crippen LogP contribution is 2.24. The van der Waals surface area contributed by atoms with Crippen molar-refractivity contribution in [3.8, 4) is 0 Å². The number of hydrogen-bond donors (Lipinski definition) is 0. The molecule has 1 aliphatic rings. The number of sulfone groups is 1. The van der Waals surface area contributed by atoms with Crippen molar-refractivity contribution in [1.29, 1.82) is 0 Å². The lowest BCUT2D eigenvalue weighted by atomic mass is 10.1. The van der Waals surface area contributed by atoms with Gasteiger partial charge in [0.05, 0.1) is 16.4 Å². The molecule has 0 bridgehead atoms. The zero-order valence-electron chi connectivity index (χ0n) is 13.9. The van der Waals surface area contributed by atoms with Crippen LogP contribution in [0.15, 0.2) is 18.2 Å². The maximum absolute atomic E-state index is 12.8. The number of nitro groups is 1. The van der Waals surface area contributed by atoms with Crippen LogP contribution in [0.1, 0.15) is 42.1 Å². The van der Waals surface area contributed by atoms with E-state index < -0.39 is 14.8 Å². The summed E-state index contributed by atoms with van der Waals surface area (Å²) >= 11 is 0. The third-order valence-corrected chi connectivity index (χ3v) is 6.07.